The van der Waals surface area contributed by atoms with E-state index in [4.69, 9.17) is 0 Å². The molecule has 1 aliphatic rings. The van der Waals surface area contributed by atoms with Gasteiger partial charge in [-0.05, 0) is 31.8 Å². The smallest absolute Gasteiger partial charge is 0.133 e. The largest absolute Gasteiger partial charge is 0.366 e. The monoisotopic (exact) mass is 261 g/mol. The van der Waals surface area contributed by atoms with Gasteiger partial charge in [0.2, 0.25) is 0 Å². The van der Waals surface area contributed by atoms with Crippen molar-refractivity contribution in [2.45, 2.75) is 12.8 Å². The number of hydrogen-bond acceptors (Lipinski definition) is 5. The Hall–Kier alpha value is -1.62. The molecule has 2 heterocycles. The molecule has 5 nitrogen and oxygen atoms in total. The second-order valence-corrected chi connectivity index (χ2v) is 5.00. The van der Waals surface area contributed by atoms with Crippen molar-refractivity contribution in [1.82, 2.24) is 15.3 Å². The molecule has 0 saturated carbocycles. The molecule has 5 heteroatoms. The normalized spacial score (nSPS) is 18.3. The Morgan fingerprint density at radius 3 is 3.21 bits per heavy atom. The average Bonchev–Trinajstić information content (AvgIpc) is 2.96. The third kappa shape index (κ3) is 4.21. The molecule has 0 aliphatic carbocycles. The van der Waals surface area contributed by atoms with Crippen LogP contribution in [0.4, 0.5) is 11.6 Å². The van der Waals surface area contributed by atoms with E-state index in [1.165, 1.54) is 12.8 Å². The van der Waals surface area contributed by atoms with Crippen molar-refractivity contribution in [3.8, 4) is 0 Å². The topological polar surface area (TPSA) is 53.1 Å². The van der Waals surface area contributed by atoms with Gasteiger partial charge in [0.05, 0.1) is 0 Å². The van der Waals surface area contributed by atoms with Crippen molar-refractivity contribution < 1.29 is 0 Å². The van der Waals surface area contributed by atoms with E-state index >= 15 is 0 Å². The third-order valence-electron chi connectivity index (χ3n) is 3.51. The van der Waals surface area contributed by atoms with E-state index < -0.39 is 0 Å². The number of rotatable bonds is 7. The molecule has 104 valence electrons. The van der Waals surface area contributed by atoms with Gasteiger partial charge in [-0.1, -0.05) is 6.08 Å². The Labute approximate surface area is 115 Å². The Balaban J connectivity index is 1.86. The minimum Gasteiger partial charge on any atom is -0.366 e. The summed E-state index contributed by atoms with van der Waals surface area (Å²) in [5.74, 6) is 2.62. The van der Waals surface area contributed by atoms with Crippen molar-refractivity contribution in [3.05, 3.63) is 25.0 Å². The van der Waals surface area contributed by atoms with E-state index in [0.29, 0.717) is 6.54 Å². The van der Waals surface area contributed by atoms with Crippen LogP contribution < -0.4 is 15.5 Å². The zero-order valence-corrected chi connectivity index (χ0v) is 11.6. The fourth-order valence-corrected chi connectivity index (χ4v) is 2.28. The lowest BCUT2D eigenvalue weighted by Gasteiger charge is -2.20. The molecule has 0 bridgehead atoms. The lowest BCUT2D eigenvalue weighted by Crippen LogP contribution is -2.23. The lowest BCUT2D eigenvalue weighted by atomic mass is 10.1. The number of aromatic nitrogens is 2. The van der Waals surface area contributed by atoms with Gasteiger partial charge in [-0.2, -0.15) is 0 Å². The molecule has 0 amide bonds. The Bertz CT molecular complexity index is 401. The van der Waals surface area contributed by atoms with E-state index in [-0.39, 0.29) is 0 Å². The number of hydrogen-bond donors (Lipinski definition) is 2. The molecule has 0 aromatic carbocycles. The highest BCUT2D eigenvalue weighted by atomic mass is 15.2. The molecule has 1 atom stereocenters. The predicted molar refractivity (Wildman–Crippen MR) is 79.6 cm³/mol. The fraction of sp³-hybridized carbons (Fsp3) is 0.571. The first kappa shape index (κ1) is 13.8. The highest BCUT2D eigenvalue weighted by Gasteiger charge is 2.15. The SMILES string of the molecule is C=CCNc1cc(N(C)CCC2CCNC2)ncn1. The van der Waals surface area contributed by atoms with Crippen LogP contribution in [0.1, 0.15) is 12.8 Å². The van der Waals surface area contributed by atoms with E-state index in [1.54, 1.807) is 6.33 Å². The second kappa shape index (κ2) is 7.09. The van der Waals surface area contributed by atoms with E-state index in [1.807, 2.05) is 12.1 Å². The molecule has 2 N–H and O–H groups in total. The molecular formula is C14H23N5. The molecule has 1 aromatic rings. The first-order chi connectivity index (χ1) is 9.29. The minimum absolute atomic E-state index is 0.716. The summed E-state index contributed by atoms with van der Waals surface area (Å²) in [6.45, 7) is 7.75. The summed E-state index contributed by atoms with van der Waals surface area (Å²) in [7, 11) is 2.09. The maximum absolute atomic E-state index is 4.33. The molecule has 1 saturated heterocycles. The number of anilines is 2. The van der Waals surface area contributed by atoms with Crippen LogP contribution in [0.3, 0.4) is 0 Å². The van der Waals surface area contributed by atoms with Crippen LogP contribution in [-0.2, 0) is 0 Å². The molecule has 1 aromatic heterocycles. The van der Waals surface area contributed by atoms with Crippen LogP contribution in [0.5, 0.6) is 0 Å². The van der Waals surface area contributed by atoms with Gasteiger partial charge in [0.1, 0.15) is 18.0 Å². The van der Waals surface area contributed by atoms with Crippen molar-refractivity contribution >= 4 is 11.6 Å². The van der Waals surface area contributed by atoms with Gasteiger partial charge < -0.3 is 15.5 Å². The van der Waals surface area contributed by atoms with Crippen molar-refractivity contribution in [2.75, 3.05) is 43.4 Å². The summed E-state index contributed by atoms with van der Waals surface area (Å²) < 4.78 is 0. The summed E-state index contributed by atoms with van der Waals surface area (Å²) in [6, 6.07) is 1.98. The Morgan fingerprint density at radius 2 is 2.47 bits per heavy atom. The maximum Gasteiger partial charge on any atom is 0.133 e. The summed E-state index contributed by atoms with van der Waals surface area (Å²) in [5.41, 5.74) is 0. The van der Waals surface area contributed by atoms with E-state index in [9.17, 15) is 0 Å². The molecule has 0 radical (unpaired) electrons. The maximum atomic E-state index is 4.33. The highest BCUT2D eigenvalue weighted by Crippen LogP contribution is 2.16. The standard InChI is InChI=1S/C14H23N5/c1-3-6-16-13-9-14(18-11-17-13)19(2)8-5-12-4-7-15-10-12/h3,9,11-12,15H,1,4-8,10H2,2H3,(H,16,17,18). The minimum atomic E-state index is 0.716. The van der Waals surface area contributed by atoms with Gasteiger partial charge in [0, 0.05) is 26.2 Å². The zero-order valence-electron chi connectivity index (χ0n) is 11.6. The van der Waals surface area contributed by atoms with Crippen LogP contribution in [0, 0.1) is 5.92 Å². The average molecular weight is 261 g/mol. The van der Waals surface area contributed by atoms with Crippen LogP contribution >= 0.6 is 0 Å². The molecular weight excluding hydrogens is 238 g/mol. The lowest BCUT2D eigenvalue weighted by molar-refractivity contribution is 0.532. The molecule has 1 unspecified atom stereocenters. The molecule has 1 aliphatic heterocycles. The van der Waals surface area contributed by atoms with Crippen LogP contribution in [0.15, 0.2) is 25.0 Å². The quantitative estimate of drug-likeness (QED) is 0.729. The predicted octanol–water partition coefficient (Wildman–Crippen LogP) is 1.51. The fourth-order valence-electron chi connectivity index (χ4n) is 2.28. The Kier molecular flexibility index (Phi) is 5.15. The first-order valence-corrected chi connectivity index (χ1v) is 6.88. The van der Waals surface area contributed by atoms with Crippen molar-refractivity contribution in [3.63, 3.8) is 0 Å². The van der Waals surface area contributed by atoms with E-state index in [0.717, 1.165) is 37.2 Å². The molecule has 19 heavy (non-hydrogen) atoms. The highest BCUT2D eigenvalue weighted by molar-refractivity contribution is 5.48. The van der Waals surface area contributed by atoms with Crippen LogP contribution in [-0.4, -0.2) is 43.2 Å². The summed E-state index contributed by atoms with van der Waals surface area (Å²) in [4.78, 5) is 10.7. The van der Waals surface area contributed by atoms with E-state index in [2.05, 4.69) is 39.1 Å². The van der Waals surface area contributed by atoms with Gasteiger partial charge in [0.25, 0.3) is 0 Å². The molecule has 0 spiro atoms. The van der Waals surface area contributed by atoms with Gasteiger partial charge >= 0.3 is 0 Å². The van der Waals surface area contributed by atoms with Crippen LogP contribution in [0.25, 0.3) is 0 Å². The van der Waals surface area contributed by atoms with Crippen LogP contribution in [0.2, 0.25) is 0 Å². The first-order valence-electron chi connectivity index (χ1n) is 6.88. The summed E-state index contributed by atoms with van der Waals surface area (Å²) in [6.07, 6.45) is 5.93. The Morgan fingerprint density at radius 1 is 1.58 bits per heavy atom. The van der Waals surface area contributed by atoms with Crippen molar-refractivity contribution in [1.29, 1.82) is 0 Å². The van der Waals surface area contributed by atoms with Gasteiger partial charge in [-0.25, -0.2) is 9.97 Å². The molecule has 1 fully saturated rings. The summed E-state index contributed by atoms with van der Waals surface area (Å²) >= 11 is 0. The number of nitrogens with one attached hydrogen (secondary N) is 2. The second-order valence-electron chi connectivity index (χ2n) is 5.00. The zero-order chi connectivity index (χ0) is 13.5. The van der Waals surface area contributed by atoms with Crippen molar-refractivity contribution in [2.24, 2.45) is 5.92 Å². The van der Waals surface area contributed by atoms with Gasteiger partial charge in [0.15, 0.2) is 0 Å². The summed E-state index contributed by atoms with van der Waals surface area (Å²) in [5, 5.41) is 6.59. The van der Waals surface area contributed by atoms with Gasteiger partial charge in [-0.15, -0.1) is 6.58 Å². The van der Waals surface area contributed by atoms with Gasteiger partial charge in [-0.3, -0.25) is 0 Å². The molecule has 2 rings (SSSR count). The number of nitrogens with zero attached hydrogens (tertiary/aromatic N) is 3. The third-order valence-corrected chi connectivity index (χ3v) is 3.51.